The molecule has 0 radical (unpaired) electrons. The number of hydrogen-bond acceptors (Lipinski definition) is 4. The van der Waals surface area contributed by atoms with Crippen molar-refractivity contribution in [3.8, 4) is 6.07 Å². The molecule has 0 aliphatic rings. The van der Waals surface area contributed by atoms with Crippen molar-refractivity contribution < 1.29 is 14.2 Å². The van der Waals surface area contributed by atoms with Crippen LogP contribution in [0.4, 0.5) is 0 Å². The van der Waals surface area contributed by atoms with Crippen LogP contribution in [0, 0.1) is 11.3 Å². The monoisotopic (exact) mass is 389 g/mol. The Morgan fingerprint density at radius 3 is 1.86 bits per heavy atom. The number of unbranched alkanes of at least 4 members (excludes halogenated alkanes) is 5. The summed E-state index contributed by atoms with van der Waals surface area (Å²) in [6, 6.07) is 10.5. The van der Waals surface area contributed by atoms with Crippen LogP contribution in [0.15, 0.2) is 24.3 Å². The largest absolute Gasteiger partial charge is 0.327 e. The van der Waals surface area contributed by atoms with Gasteiger partial charge in [0.25, 0.3) is 5.97 Å². The zero-order valence-electron chi connectivity index (χ0n) is 18.3. The molecule has 0 amide bonds. The average Bonchev–Trinajstić information content (AvgIpc) is 2.69. The highest BCUT2D eigenvalue weighted by Crippen LogP contribution is 2.38. The Labute approximate surface area is 172 Å². The van der Waals surface area contributed by atoms with Gasteiger partial charge < -0.3 is 14.2 Å². The van der Waals surface area contributed by atoms with Crippen LogP contribution in [0.5, 0.6) is 0 Å². The van der Waals surface area contributed by atoms with E-state index in [9.17, 15) is 0 Å². The molecule has 0 N–H and O–H groups in total. The van der Waals surface area contributed by atoms with Crippen LogP contribution in [0.25, 0.3) is 0 Å². The Morgan fingerprint density at radius 2 is 1.36 bits per heavy atom. The lowest BCUT2D eigenvalue weighted by atomic mass is 9.89. The molecule has 28 heavy (non-hydrogen) atoms. The number of nitriles is 1. The summed E-state index contributed by atoms with van der Waals surface area (Å²) in [4.78, 5) is 0. The fourth-order valence-electron chi connectivity index (χ4n) is 3.67. The smallest absolute Gasteiger partial charge is 0.290 e. The summed E-state index contributed by atoms with van der Waals surface area (Å²) in [7, 11) is 0. The van der Waals surface area contributed by atoms with Crippen molar-refractivity contribution in [1.82, 2.24) is 0 Å². The first-order chi connectivity index (χ1) is 13.7. The molecule has 0 bridgehead atoms. The zero-order chi connectivity index (χ0) is 20.7. The third-order valence-corrected chi connectivity index (χ3v) is 4.97. The summed E-state index contributed by atoms with van der Waals surface area (Å²) >= 11 is 0. The van der Waals surface area contributed by atoms with E-state index in [1.54, 1.807) is 0 Å². The van der Waals surface area contributed by atoms with Gasteiger partial charge >= 0.3 is 0 Å². The standard InChI is InChI=1S/C24H39NO3/c1-5-9-10-11-12-13-14-23(22-17-15-21(16-18-22)19-20-25)24(26-6-2,27-7-3)28-8-4/h15-18,23H,5-14,19H2,1-4H3. The molecule has 1 atom stereocenters. The Bertz CT molecular complexity index is 533. The van der Waals surface area contributed by atoms with E-state index in [4.69, 9.17) is 19.5 Å². The highest BCUT2D eigenvalue weighted by molar-refractivity contribution is 5.28. The Hall–Kier alpha value is -1.41. The first-order valence-corrected chi connectivity index (χ1v) is 11.0. The molecular formula is C24H39NO3. The molecule has 0 aliphatic carbocycles. The van der Waals surface area contributed by atoms with Gasteiger partial charge in [-0.25, -0.2) is 0 Å². The number of hydrogen-bond donors (Lipinski definition) is 0. The molecule has 4 heteroatoms. The first kappa shape index (κ1) is 24.6. The van der Waals surface area contributed by atoms with Gasteiger partial charge in [-0.3, -0.25) is 0 Å². The third-order valence-electron chi connectivity index (χ3n) is 4.97. The maximum absolute atomic E-state index is 8.93. The summed E-state index contributed by atoms with van der Waals surface area (Å²) in [6.45, 7) is 9.75. The van der Waals surface area contributed by atoms with Crippen LogP contribution in [0.2, 0.25) is 0 Å². The van der Waals surface area contributed by atoms with Gasteiger partial charge in [0, 0.05) is 19.8 Å². The second kappa shape index (κ2) is 14.6. The second-order valence-electron chi connectivity index (χ2n) is 7.09. The van der Waals surface area contributed by atoms with Gasteiger partial charge in [0.1, 0.15) is 0 Å². The van der Waals surface area contributed by atoms with Crippen molar-refractivity contribution >= 4 is 0 Å². The molecule has 158 valence electrons. The maximum Gasteiger partial charge on any atom is 0.290 e. The highest BCUT2D eigenvalue weighted by Gasteiger charge is 2.42. The molecule has 0 aliphatic heterocycles. The van der Waals surface area contributed by atoms with Crippen molar-refractivity contribution in [2.75, 3.05) is 19.8 Å². The summed E-state index contributed by atoms with van der Waals surface area (Å²) in [5.41, 5.74) is 2.17. The topological polar surface area (TPSA) is 51.5 Å². The molecule has 1 aromatic carbocycles. The van der Waals surface area contributed by atoms with E-state index >= 15 is 0 Å². The Kier molecular flexibility index (Phi) is 12.8. The predicted octanol–water partition coefficient (Wildman–Crippen LogP) is 6.35. The van der Waals surface area contributed by atoms with Crippen LogP contribution < -0.4 is 0 Å². The van der Waals surface area contributed by atoms with Crippen molar-refractivity contribution in [2.24, 2.45) is 0 Å². The van der Waals surface area contributed by atoms with Crippen LogP contribution in [0.1, 0.15) is 89.7 Å². The van der Waals surface area contributed by atoms with Crippen LogP contribution in [-0.2, 0) is 20.6 Å². The van der Waals surface area contributed by atoms with Crippen LogP contribution in [0.3, 0.4) is 0 Å². The van der Waals surface area contributed by atoms with Gasteiger partial charge in [0.2, 0.25) is 0 Å². The normalized spacial score (nSPS) is 12.7. The summed E-state index contributed by atoms with van der Waals surface area (Å²) < 4.78 is 18.3. The number of benzene rings is 1. The van der Waals surface area contributed by atoms with E-state index in [1.165, 1.54) is 32.1 Å². The fourth-order valence-corrected chi connectivity index (χ4v) is 3.67. The molecule has 0 aromatic heterocycles. The van der Waals surface area contributed by atoms with Crippen molar-refractivity contribution in [1.29, 1.82) is 5.26 Å². The molecule has 0 fully saturated rings. The molecule has 0 heterocycles. The van der Waals surface area contributed by atoms with Gasteiger partial charge in [-0.15, -0.1) is 0 Å². The van der Waals surface area contributed by atoms with Crippen molar-refractivity contribution in [3.05, 3.63) is 35.4 Å². The number of rotatable bonds is 16. The van der Waals surface area contributed by atoms with Crippen LogP contribution in [-0.4, -0.2) is 25.8 Å². The SMILES string of the molecule is CCCCCCCCC(c1ccc(CC#N)cc1)C(OCC)(OCC)OCC. The van der Waals surface area contributed by atoms with Crippen molar-refractivity contribution in [3.63, 3.8) is 0 Å². The van der Waals surface area contributed by atoms with Gasteiger partial charge in [-0.05, 0) is 38.3 Å². The van der Waals surface area contributed by atoms with Gasteiger partial charge in [-0.2, -0.15) is 5.26 Å². The minimum atomic E-state index is -1.06. The lowest BCUT2D eigenvalue weighted by Crippen LogP contribution is -2.45. The minimum absolute atomic E-state index is 0.00494. The minimum Gasteiger partial charge on any atom is -0.327 e. The van der Waals surface area contributed by atoms with Gasteiger partial charge in [-0.1, -0.05) is 69.7 Å². The predicted molar refractivity (Wildman–Crippen MR) is 114 cm³/mol. The fraction of sp³-hybridized carbons (Fsp3) is 0.708. The molecule has 1 rings (SSSR count). The lowest BCUT2D eigenvalue weighted by Gasteiger charge is -2.39. The van der Waals surface area contributed by atoms with Crippen molar-refractivity contribution in [2.45, 2.75) is 91.0 Å². The second-order valence-corrected chi connectivity index (χ2v) is 7.09. The molecule has 1 unspecified atom stereocenters. The molecular weight excluding hydrogens is 350 g/mol. The van der Waals surface area contributed by atoms with Gasteiger partial charge in [0.15, 0.2) is 0 Å². The van der Waals surface area contributed by atoms with E-state index in [1.807, 2.05) is 32.9 Å². The highest BCUT2D eigenvalue weighted by atomic mass is 16.9. The van der Waals surface area contributed by atoms with E-state index in [0.717, 1.165) is 24.0 Å². The quantitative estimate of drug-likeness (QED) is 0.244. The van der Waals surface area contributed by atoms with Crippen LogP contribution >= 0.6 is 0 Å². The van der Waals surface area contributed by atoms with E-state index in [2.05, 4.69) is 25.1 Å². The zero-order valence-corrected chi connectivity index (χ0v) is 18.3. The molecule has 4 nitrogen and oxygen atoms in total. The lowest BCUT2D eigenvalue weighted by molar-refractivity contribution is -0.389. The summed E-state index contributed by atoms with van der Waals surface area (Å²) in [5, 5.41) is 8.93. The van der Waals surface area contributed by atoms with E-state index < -0.39 is 5.97 Å². The molecule has 0 saturated heterocycles. The third kappa shape index (κ3) is 7.91. The van der Waals surface area contributed by atoms with E-state index in [-0.39, 0.29) is 5.92 Å². The first-order valence-electron chi connectivity index (χ1n) is 11.0. The van der Waals surface area contributed by atoms with Gasteiger partial charge in [0.05, 0.1) is 18.4 Å². The molecule has 0 spiro atoms. The average molecular weight is 390 g/mol. The molecule has 0 saturated carbocycles. The molecule has 1 aromatic rings. The van der Waals surface area contributed by atoms with E-state index in [0.29, 0.717) is 26.2 Å². The number of ether oxygens (including phenoxy) is 3. The maximum atomic E-state index is 8.93. The Morgan fingerprint density at radius 1 is 0.821 bits per heavy atom. The Balaban J connectivity index is 3.03. The summed E-state index contributed by atoms with van der Waals surface area (Å²) in [5.74, 6) is -1.06. The number of nitrogens with zero attached hydrogens (tertiary/aromatic N) is 1. The summed E-state index contributed by atoms with van der Waals surface area (Å²) in [6.07, 6.45) is 8.85.